The van der Waals surface area contributed by atoms with Gasteiger partial charge in [0.05, 0.1) is 55.0 Å². The van der Waals surface area contributed by atoms with Crippen LogP contribution in [0.25, 0.3) is 0 Å². The van der Waals surface area contributed by atoms with Gasteiger partial charge in [0.25, 0.3) is 35.4 Å². The Morgan fingerprint density at radius 3 is 1.23 bits per heavy atom. The number of benzene rings is 4. The van der Waals surface area contributed by atoms with Crippen molar-refractivity contribution in [3.05, 3.63) is 106 Å². The lowest BCUT2D eigenvalue weighted by Crippen LogP contribution is -2.55. The number of phenols is 1. The first-order valence-electron chi connectivity index (χ1n) is 24.7. The molecular weight excluding hydrogens is 1050 g/mol. The molecule has 4 aromatic rings. The van der Waals surface area contributed by atoms with E-state index < -0.39 is 97.7 Å². The fourth-order valence-corrected chi connectivity index (χ4v) is 9.01. The Morgan fingerprint density at radius 1 is 0.593 bits per heavy atom. The molecule has 81 heavy (non-hydrogen) atoms. The van der Waals surface area contributed by atoms with Gasteiger partial charge in [0.1, 0.15) is 74.0 Å². The molecule has 0 aromatic heterocycles. The number of aliphatic hydroxyl groups excluding tert-OH is 2. The molecule has 434 valence electrons. The molecule has 0 saturated heterocycles. The second-order valence-corrected chi connectivity index (χ2v) is 18.7. The number of aliphatic hydroxyl groups is 2. The van der Waals surface area contributed by atoms with Crippen LogP contribution in [0.4, 0.5) is 22.7 Å². The molecule has 7 N–H and O–H groups in total. The van der Waals surface area contributed by atoms with Gasteiger partial charge >= 0.3 is 0 Å². The molecule has 4 aromatic carbocycles. The van der Waals surface area contributed by atoms with E-state index in [1.165, 1.54) is 56.2 Å². The molecule has 2 aliphatic heterocycles. The third-order valence-corrected chi connectivity index (χ3v) is 12.6. The van der Waals surface area contributed by atoms with Gasteiger partial charge in [0.15, 0.2) is 0 Å². The van der Waals surface area contributed by atoms with Gasteiger partial charge in [-0.1, -0.05) is 39.1 Å². The van der Waals surface area contributed by atoms with Gasteiger partial charge in [-0.15, -0.1) is 0 Å². The van der Waals surface area contributed by atoms with Crippen LogP contribution in [0.1, 0.15) is 84.5 Å². The molecule has 6 rings (SSSR count). The number of Topliss-reactive ketones (excluding diaryl/α,β-unsaturated/α-hetero) is 2. The number of ether oxygens (including phenoxy) is 1. The van der Waals surface area contributed by atoms with Crippen molar-refractivity contribution in [3.8, 4) is 11.5 Å². The SMILES string of the molecule is C.C.CC(=O)C[C@@H](C=O)NC(=O)CN1C(=O)[C@@H](NC(=O)c2cc(C)c(O)c(C)c2)CN(C(=O)CO)c2ccccc21.COc1c(C)cc(C(=O)N[C@H]2CN(C(=O)CO)c3ccccc3N(CC(=O)N[C@H](C=O)CC(C)=O)C2=O)cc1C. The highest BCUT2D eigenvalue weighted by molar-refractivity contribution is 6.13. The van der Waals surface area contributed by atoms with E-state index in [1.54, 1.807) is 70.2 Å². The van der Waals surface area contributed by atoms with Crippen LogP contribution in [0.3, 0.4) is 0 Å². The Kier molecular flexibility index (Phi) is 24.3. The zero-order valence-electron chi connectivity index (χ0n) is 44.5. The molecule has 0 saturated carbocycles. The van der Waals surface area contributed by atoms with Gasteiger partial charge in [0.2, 0.25) is 11.8 Å². The lowest BCUT2D eigenvalue weighted by Gasteiger charge is -2.25. The number of rotatable bonds is 19. The summed E-state index contributed by atoms with van der Waals surface area (Å²) in [5.41, 5.74) is 3.56. The minimum absolute atomic E-state index is 0. The van der Waals surface area contributed by atoms with Gasteiger partial charge in [-0.2, -0.15) is 0 Å². The van der Waals surface area contributed by atoms with Crippen molar-refractivity contribution >= 4 is 94.1 Å². The summed E-state index contributed by atoms with van der Waals surface area (Å²) in [4.78, 5) is 155. The maximum atomic E-state index is 13.8. The van der Waals surface area contributed by atoms with Crippen molar-refractivity contribution in [2.45, 2.75) is 93.4 Å². The Balaban J connectivity index is 0.000000415. The van der Waals surface area contributed by atoms with E-state index in [4.69, 9.17) is 4.74 Å². The van der Waals surface area contributed by atoms with Gasteiger partial charge < -0.3 is 60.7 Å². The number of carbonyl (C=O) groups is 12. The molecule has 2 aliphatic rings. The van der Waals surface area contributed by atoms with E-state index in [-0.39, 0.29) is 92.0 Å². The van der Waals surface area contributed by atoms with Crippen LogP contribution < -0.4 is 45.6 Å². The number of phenolic OH excluding ortho intramolecular Hbond substituents is 1. The third kappa shape index (κ3) is 16.5. The highest BCUT2D eigenvalue weighted by Gasteiger charge is 2.40. The molecule has 0 radical (unpaired) electrons. The molecule has 0 spiro atoms. The number of hydrogen-bond donors (Lipinski definition) is 7. The number of fused-ring (bicyclic) bond motifs is 2. The van der Waals surface area contributed by atoms with Crippen LogP contribution in [0, 0.1) is 27.7 Å². The maximum Gasteiger partial charge on any atom is 0.252 e. The number of nitrogens with zero attached hydrogens (tertiary/aromatic N) is 4. The molecule has 24 heteroatoms. The zero-order chi connectivity index (χ0) is 58.4. The average Bonchev–Trinajstić information content (AvgIpc) is 3.59. The number of amides is 8. The van der Waals surface area contributed by atoms with E-state index in [0.717, 1.165) is 14.7 Å². The summed E-state index contributed by atoms with van der Waals surface area (Å²) < 4.78 is 5.35. The number of nitrogens with one attached hydrogen (secondary N) is 4. The number of anilines is 4. The fraction of sp³-hybridized carbons (Fsp3) is 0.368. The van der Waals surface area contributed by atoms with Crippen molar-refractivity contribution < 1.29 is 77.6 Å². The normalized spacial score (nSPS) is 15.1. The van der Waals surface area contributed by atoms with Gasteiger partial charge in [0, 0.05) is 24.0 Å². The first kappa shape index (κ1) is 66.1. The maximum absolute atomic E-state index is 13.8. The summed E-state index contributed by atoms with van der Waals surface area (Å²) in [5.74, 6) is -5.57. The minimum Gasteiger partial charge on any atom is -0.507 e. The lowest BCUT2D eigenvalue weighted by molar-refractivity contribution is -0.127. The van der Waals surface area contributed by atoms with E-state index in [9.17, 15) is 72.9 Å². The van der Waals surface area contributed by atoms with Crippen molar-refractivity contribution in [1.82, 2.24) is 21.3 Å². The molecular formula is C57H70N8O16. The smallest absolute Gasteiger partial charge is 0.252 e. The van der Waals surface area contributed by atoms with Crippen LogP contribution in [0.5, 0.6) is 11.5 Å². The van der Waals surface area contributed by atoms with Crippen molar-refractivity contribution in [2.24, 2.45) is 0 Å². The third-order valence-electron chi connectivity index (χ3n) is 12.6. The van der Waals surface area contributed by atoms with Gasteiger partial charge in [-0.3, -0.25) is 57.7 Å². The number of para-hydroxylation sites is 4. The standard InChI is InChI=1S/C28H32N4O8.C27H30N4O8.2CH4/c1-16-9-19(10-17(2)26(16)40-4)27(38)30-21-12-31(25(37)15-34)22-7-5-6-8-23(22)32(28(21)39)13-24(36)29-20(14-33)11-18(3)35;1-15-8-18(9-16(2)25(15)37)26(38)29-20-11-30(24(36)14-33)21-6-4-5-7-22(21)31(27(20)39)12-23(35)28-19(13-32)10-17(3)34;;/h5-10,14,20-21,34H,11-13,15H2,1-4H3,(H,29,36)(H,30,38);4-9,13,19-20,33,37H,10-12,14H2,1-3H3,(H,28,35)(H,29,38);2*1H4/t20-,21-;19-,20-;;/m00../s1. The number of methoxy groups -OCH3 is 1. The Hall–Kier alpha value is -9.16. The quantitative estimate of drug-likeness (QED) is 0.0659. The molecule has 0 unspecified atom stereocenters. The van der Waals surface area contributed by atoms with Gasteiger partial charge in [-0.25, -0.2) is 0 Å². The number of ketones is 2. The van der Waals surface area contributed by atoms with E-state index in [2.05, 4.69) is 21.3 Å². The molecule has 0 fully saturated rings. The molecule has 0 bridgehead atoms. The topological polar surface area (TPSA) is 336 Å². The molecule has 4 atom stereocenters. The monoisotopic (exact) mass is 1120 g/mol. The van der Waals surface area contributed by atoms with Gasteiger partial charge in [-0.05, 0) is 112 Å². The fourth-order valence-electron chi connectivity index (χ4n) is 9.01. The average molecular weight is 1120 g/mol. The Bertz CT molecular complexity index is 3020. The highest BCUT2D eigenvalue weighted by atomic mass is 16.5. The van der Waals surface area contributed by atoms with E-state index >= 15 is 0 Å². The highest BCUT2D eigenvalue weighted by Crippen LogP contribution is 2.35. The van der Waals surface area contributed by atoms with Crippen molar-refractivity contribution in [1.29, 1.82) is 0 Å². The summed E-state index contributed by atoms with van der Waals surface area (Å²) in [6, 6.07) is 13.8. The minimum atomic E-state index is -1.33. The van der Waals surface area contributed by atoms with Crippen LogP contribution in [-0.4, -0.2) is 157 Å². The lowest BCUT2D eigenvalue weighted by atomic mass is 10.0. The van der Waals surface area contributed by atoms with Crippen molar-refractivity contribution in [3.63, 3.8) is 0 Å². The molecule has 24 nitrogen and oxygen atoms in total. The van der Waals surface area contributed by atoms with E-state index in [0.29, 0.717) is 40.6 Å². The Morgan fingerprint density at radius 2 is 0.926 bits per heavy atom. The first-order valence-corrected chi connectivity index (χ1v) is 24.7. The number of aldehydes is 2. The predicted molar refractivity (Wildman–Crippen MR) is 299 cm³/mol. The number of aryl methyl sites for hydroxylation is 4. The summed E-state index contributed by atoms with van der Waals surface area (Å²) in [5, 5.41) is 39.4. The van der Waals surface area contributed by atoms with Crippen LogP contribution in [0.2, 0.25) is 0 Å². The molecule has 0 aliphatic carbocycles. The molecule has 2 heterocycles. The predicted octanol–water partition coefficient (Wildman–Crippen LogP) is 1.86. The second kappa shape index (κ2) is 29.7. The van der Waals surface area contributed by atoms with Crippen LogP contribution in [-0.2, 0) is 47.9 Å². The largest absolute Gasteiger partial charge is 0.507 e. The van der Waals surface area contributed by atoms with E-state index in [1.807, 2.05) is 0 Å². The number of hydrogen-bond acceptors (Lipinski definition) is 16. The summed E-state index contributed by atoms with van der Waals surface area (Å²) >= 11 is 0. The summed E-state index contributed by atoms with van der Waals surface area (Å²) in [6.45, 7) is 5.82. The summed E-state index contributed by atoms with van der Waals surface area (Å²) in [6.07, 6.45) is 0.422. The summed E-state index contributed by atoms with van der Waals surface area (Å²) in [7, 11) is 1.52. The number of aromatic hydroxyl groups is 1. The van der Waals surface area contributed by atoms with Crippen LogP contribution in [0.15, 0.2) is 72.8 Å². The molecule has 8 amide bonds. The Labute approximate surface area is 468 Å². The second-order valence-electron chi connectivity index (χ2n) is 18.7. The van der Waals surface area contributed by atoms with Crippen molar-refractivity contribution in [2.75, 3.05) is 66.1 Å². The first-order chi connectivity index (χ1) is 37.5. The van der Waals surface area contributed by atoms with Crippen LogP contribution >= 0.6 is 0 Å². The number of carbonyl (C=O) groups excluding carboxylic acids is 12. The zero-order valence-corrected chi connectivity index (χ0v) is 44.5.